The van der Waals surface area contributed by atoms with Gasteiger partial charge in [-0.15, -0.1) is 0 Å². The van der Waals surface area contributed by atoms with Crippen LogP contribution in [-0.2, 0) is 4.74 Å². The lowest BCUT2D eigenvalue weighted by atomic mass is 9.61. The minimum absolute atomic E-state index is 0.422. The predicted molar refractivity (Wildman–Crippen MR) is 96.1 cm³/mol. The predicted octanol–water partition coefficient (Wildman–Crippen LogP) is 4.80. The Labute approximate surface area is 143 Å². The van der Waals surface area contributed by atoms with E-state index < -0.39 is 5.60 Å². The van der Waals surface area contributed by atoms with Crippen LogP contribution in [0.15, 0.2) is 0 Å². The van der Waals surface area contributed by atoms with Crippen molar-refractivity contribution in [3.63, 3.8) is 0 Å². The van der Waals surface area contributed by atoms with E-state index in [0.717, 1.165) is 18.3 Å². The van der Waals surface area contributed by atoms with Crippen molar-refractivity contribution in [3.05, 3.63) is 0 Å². The van der Waals surface area contributed by atoms with Gasteiger partial charge in [0, 0.05) is 13.5 Å². The summed E-state index contributed by atoms with van der Waals surface area (Å²) in [4.78, 5) is 0. The zero-order valence-corrected chi connectivity index (χ0v) is 15.8. The van der Waals surface area contributed by atoms with Gasteiger partial charge >= 0.3 is 0 Å². The van der Waals surface area contributed by atoms with Gasteiger partial charge in [0.1, 0.15) is 5.60 Å². The third-order valence-electron chi connectivity index (χ3n) is 7.04. The molecular weight excluding hydrogens is 284 g/mol. The lowest BCUT2D eigenvalue weighted by molar-refractivity contribution is -0.0493. The van der Waals surface area contributed by atoms with Crippen molar-refractivity contribution in [3.8, 4) is 11.8 Å². The number of hydrogen-bond donors (Lipinski definition) is 1. The maximum atomic E-state index is 10.3. The van der Waals surface area contributed by atoms with Crippen LogP contribution in [0.2, 0.25) is 0 Å². The van der Waals surface area contributed by atoms with Gasteiger partial charge in [-0.1, -0.05) is 46.0 Å². The molecule has 2 aliphatic rings. The summed E-state index contributed by atoms with van der Waals surface area (Å²) in [6.45, 7) is 8.88. The molecule has 5 atom stereocenters. The van der Waals surface area contributed by atoms with Crippen LogP contribution in [0.5, 0.6) is 0 Å². The topological polar surface area (TPSA) is 29.5 Å². The van der Waals surface area contributed by atoms with Gasteiger partial charge in [-0.2, -0.15) is 0 Å². The molecule has 1 N–H and O–H groups in total. The first-order chi connectivity index (χ1) is 10.9. The number of hydrogen-bond acceptors (Lipinski definition) is 2. The summed E-state index contributed by atoms with van der Waals surface area (Å²) in [7, 11) is 1.88. The Hall–Kier alpha value is -0.520. The van der Waals surface area contributed by atoms with Gasteiger partial charge in [-0.05, 0) is 61.7 Å². The minimum atomic E-state index is -0.784. The number of ether oxygens (including phenoxy) is 1. The Bertz CT molecular complexity index is 442. The van der Waals surface area contributed by atoms with Gasteiger partial charge in [0.2, 0.25) is 0 Å². The molecule has 0 aromatic carbocycles. The van der Waals surface area contributed by atoms with Crippen molar-refractivity contribution in [1.82, 2.24) is 0 Å². The van der Waals surface area contributed by atoms with Crippen molar-refractivity contribution in [2.75, 3.05) is 7.11 Å². The molecule has 0 aromatic rings. The highest BCUT2D eigenvalue weighted by molar-refractivity contribution is 5.14. The van der Waals surface area contributed by atoms with Crippen LogP contribution < -0.4 is 0 Å². The molecule has 0 aromatic heterocycles. The zero-order chi connectivity index (χ0) is 17.1. The molecule has 0 bridgehead atoms. The Morgan fingerprint density at radius 2 is 1.96 bits per heavy atom. The molecule has 23 heavy (non-hydrogen) atoms. The Balaban J connectivity index is 2.03. The fourth-order valence-corrected chi connectivity index (χ4v) is 5.32. The first-order valence-corrected chi connectivity index (χ1v) is 9.65. The maximum Gasteiger partial charge on any atom is 0.125 e. The summed E-state index contributed by atoms with van der Waals surface area (Å²) in [5.41, 5.74) is -0.361. The second-order valence-electron chi connectivity index (χ2n) is 8.18. The van der Waals surface area contributed by atoms with Gasteiger partial charge in [-0.25, -0.2) is 0 Å². The highest BCUT2D eigenvalue weighted by Gasteiger charge is 2.52. The summed E-state index contributed by atoms with van der Waals surface area (Å²) in [6, 6.07) is 0. The molecule has 0 saturated heterocycles. The number of aliphatic hydroxyl groups is 1. The van der Waals surface area contributed by atoms with E-state index >= 15 is 0 Å². The van der Waals surface area contributed by atoms with Crippen LogP contribution in [0.25, 0.3) is 0 Å². The summed E-state index contributed by atoms with van der Waals surface area (Å²) in [5.74, 6) is 8.52. The number of methoxy groups -OCH3 is 1. The van der Waals surface area contributed by atoms with Crippen LogP contribution in [0.3, 0.4) is 0 Å². The van der Waals surface area contributed by atoms with Crippen LogP contribution in [-0.4, -0.2) is 23.9 Å². The molecule has 0 amide bonds. The minimum Gasteiger partial charge on any atom is -0.381 e. The SMILES string of the molecule is CCC(O)(C#CCC(C)[C@H]1CCC2C(OC)CCC[C@@]21C)CC. The van der Waals surface area contributed by atoms with E-state index in [1.54, 1.807) is 0 Å². The molecule has 0 radical (unpaired) electrons. The van der Waals surface area contributed by atoms with Crippen LogP contribution in [0.1, 0.15) is 79.1 Å². The molecule has 0 spiro atoms. The second-order valence-corrected chi connectivity index (χ2v) is 8.18. The summed E-state index contributed by atoms with van der Waals surface area (Å²) in [5, 5.41) is 10.3. The van der Waals surface area contributed by atoms with Gasteiger partial charge in [0.05, 0.1) is 6.10 Å². The molecule has 132 valence electrons. The van der Waals surface area contributed by atoms with E-state index in [-0.39, 0.29) is 0 Å². The first kappa shape index (κ1) is 18.8. The standard InChI is InChI=1S/C21H36O2/c1-6-21(22,7-2)15-8-10-16(3)17-12-13-18-19(23-5)11-9-14-20(17,18)4/h16-19,22H,6-7,9-14H2,1-5H3/t16?,17-,18?,19?,20-/m1/s1. The average Bonchev–Trinajstić information content (AvgIpc) is 2.91. The van der Waals surface area contributed by atoms with Crippen LogP contribution >= 0.6 is 0 Å². The Morgan fingerprint density at radius 1 is 1.26 bits per heavy atom. The van der Waals surface area contributed by atoms with Gasteiger partial charge < -0.3 is 9.84 Å². The van der Waals surface area contributed by atoms with E-state index in [2.05, 4.69) is 25.7 Å². The molecule has 2 fully saturated rings. The van der Waals surface area contributed by atoms with Crippen molar-refractivity contribution >= 4 is 0 Å². The smallest absolute Gasteiger partial charge is 0.125 e. The maximum absolute atomic E-state index is 10.3. The van der Waals surface area contributed by atoms with E-state index in [4.69, 9.17) is 4.74 Å². The summed E-state index contributed by atoms with van der Waals surface area (Å²) >= 11 is 0. The van der Waals surface area contributed by atoms with E-state index in [0.29, 0.717) is 30.3 Å². The monoisotopic (exact) mass is 320 g/mol. The third-order valence-corrected chi connectivity index (χ3v) is 7.04. The summed E-state index contributed by atoms with van der Waals surface area (Å²) < 4.78 is 5.79. The molecule has 3 unspecified atom stereocenters. The van der Waals surface area contributed by atoms with Crippen LogP contribution in [0.4, 0.5) is 0 Å². The molecule has 2 heteroatoms. The summed E-state index contributed by atoms with van der Waals surface area (Å²) in [6.07, 6.45) is 9.29. The molecule has 0 aliphatic heterocycles. The average molecular weight is 321 g/mol. The van der Waals surface area contributed by atoms with Crippen molar-refractivity contribution in [2.24, 2.45) is 23.2 Å². The molecule has 2 aliphatic carbocycles. The van der Waals surface area contributed by atoms with E-state index in [9.17, 15) is 5.11 Å². The second kappa shape index (κ2) is 7.58. The van der Waals surface area contributed by atoms with Gasteiger partial charge in [0.25, 0.3) is 0 Å². The van der Waals surface area contributed by atoms with Crippen LogP contribution in [0, 0.1) is 35.0 Å². The molecule has 2 saturated carbocycles. The van der Waals surface area contributed by atoms with Gasteiger partial charge in [0.15, 0.2) is 0 Å². The molecule has 2 rings (SSSR count). The first-order valence-electron chi connectivity index (χ1n) is 9.65. The highest BCUT2D eigenvalue weighted by Crippen LogP contribution is 2.58. The number of rotatable bonds is 5. The van der Waals surface area contributed by atoms with Crippen molar-refractivity contribution in [1.29, 1.82) is 0 Å². The fraction of sp³-hybridized carbons (Fsp3) is 0.905. The van der Waals surface area contributed by atoms with Crippen molar-refractivity contribution in [2.45, 2.75) is 90.8 Å². The quantitative estimate of drug-likeness (QED) is 0.737. The largest absolute Gasteiger partial charge is 0.381 e. The fourth-order valence-electron chi connectivity index (χ4n) is 5.32. The van der Waals surface area contributed by atoms with E-state index in [1.807, 2.05) is 21.0 Å². The normalized spacial score (nSPS) is 35.3. The lowest BCUT2D eigenvalue weighted by Crippen LogP contribution is -2.42. The zero-order valence-electron chi connectivity index (χ0n) is 15.8. The van der Waals surface area contributed by atoms with Gasteiger partial charge in [-0.3, -0.25) is 0 Å². The lowest BCUT2D eigenvalue weighted by Gasteiger charge is -2.46. The Morgan fingerprint density at radius 3 is 2.57 bits per heavy atom. The third kappa shape index (κ3) is 3.77. The molecular formula is C21H36O2. The van der Waals surface area contributed by atoms with E-state index in [1.165, 1.54) is 32.1 Å². The molecule has 0 heterocycles. The Kier molecular flexibility index (Phi) is 6.20. The number of fused-ring (bicyclic) bond motifs is 1. The highest BCUT2D eigenvalue weighted by atomic mass is 16.5. The van der Waals surface area contributed by atoms with Crippen molar-refractivity contribution < 1.29 is 9.84 Å². The molecule has 2 nitrogen and oxygen atoms in total.